The predicted molar refractivity (Wildman–Crippen MR) is 52.7 cm³/mol. The summed E-state index contributed by atoms with van der Waals surface area (Å²) in [6.45, 7) is 0.891. The third-order valence-corrected chi connectivity index (χ3v) is 1.69. The Balaban J connectivity index is 2.91. The summed E-state index contributed by atoms with van der Waals surface area (Å²) in [5.74, 6) is 0. The van der Waals surface area contributed by atoms with Crippen LogP contribution in [0.1, 0.15) is 11.1 Å². The van der Waals surface area contributed by atoms with Gasteiger partial charge in [0.2, 0.25) is 0 Å². The van der Waals surface area contributed by atoms with E-state index in [0.717, 1.165) is 6.54 Å². The molecule has 0 aromatic heterocycles. The molecule has 0 spiro atoms. The van der Waals surface area contributed by atoms with Crippen LogP contribution in [0.3, 0.4) is 0 Å². The van der Waals surface area contributed by atoms with E-state index in [2.05, 4.69) is 22.4 Å². The van der Waals surface area contributed by atoms with Gasteiger partial charge in [0.1, 0.15) is 0 Å². The molecule has 0 heterocycles. The van der Waals surface area contributed by atoms with Crippen LogP contribution in [0.5, 0.6) is 0 Å². The third-order valence-electron chi connectivity index (χ3n) is 1.69. The van der Waals surface area contributed by atoms with E-state index in [-0.39, 0.29) is 0 Å². The average Bonchev–Trinajstić information content (AvgIpc) is 2.09. The highest BCUT2D eigenvalue weighted by Gasteiger charge is 1.95. The Labute approximate surface area is 73.3 Å². The summed E-state index contributed by atoms with van der Waals surface area (Å²) >= 11 is 0. The molecule has 1 N–H and O–H groups in total. The van der Waals surface area contributed by atoms with Gasteiger partial charge in [-0.15, -0.1) is 0 Å². The van der Waals surface area contributed by atoms with Crippen molar-refractivity contribution in [3.05, 3.63) is 35.4 Å². The molecule has 0 saturated heterocycles. The first-order valence-electron chi connectivity index (χ1n) is 4.03. The molecule has 0 unspecified atom stereocenters. The lowest BCUT2D eigenvalue weighted by atomic mass is 10.1. The van der Waals surface area contributed by atoms with E-state index in [1.807, 2.05) is 25.4 Å². The highest BCUT2D eigenvalue weighted by atomic mass is 14.8. The van der Waals surface area contributed by atoms with Crippen LogP contribution in [0.2, 0.25) is 0 Å². The fourth-order valence-electron chi connectivity index (χ4n) is 1.15. The van der Waals surface area contributed by atoms with E-state index in [9.17, 15) is 0 Å². The number of benzene rings is 1. The Bertz CT molecular complexity index is 266. The van der Waals surface area contributed by atoms with Crippen molar-refractivity contribution in [2.45, 2.75) is 6.54 Å². The Hall–Kier alpha value is -1.15. The van der Waals surface area contributed by atoms with Crippen LogP contribution in [0.25, 0.3) is 0 Å². The summed E-state index contributed by atoms with van der Waals surface area (Å²) in [7, 11) is 3.73. The lowest BCUT2D eigenvalue weighted by molar-refractivity contribution is 0.817. The molecule has 0 aliphatic rings. The summed E-state index contributed by atoms with van der Waals surface area (Å²) < 4.78 is 0. The Morgan fingerprint density at radius 1 is 1.42 bits per heavy atom. The van der Waals surface area contributed by atoms with Gasteiger partial charge >= 0.3 is 0 Å². The van der Waals surface area contributed by atoms with Gasteiger partial charge in [-0.25, -0.2) is 0 Å². The Morgan fingerprint density at radius 2 is 2.17 bits per heavy atom. The number of nitrogens with zero attached hydrogens (tertiary/aromatic N) is 1. The van der Waals surface area contributed by atoms with Gasteiger partial charge in [-0.2, -0.15) is 0 Å². The molecule has 0 aliphatic heterocycles. The summed E-state index contributed by atoms with van der Waals surface area (Å²) in [4.78, 5) is 4.00. The fourth-order valence-corrected chi connectivity index (χ4v) is 1.15. The third kappa shape index (κ3) is 2.17. The SMILES string of the molecule is CN=Cc1ccccc1CNC. The standard InChI is InChI=1S/C10H14N2/c1-11-7-9-5-3-4-6-10(9)8-12-2/h3-7,12H,8H2,1-2H3. The molecule has 2 nitrogen and oxygen atoms in total. The van der Waals surface area contributed by atoms with E-state index < -0.39 is 0 Å². The molecule has 1 aromatic rings. The normalized spacial score (nSPS) is 10.8. The van der Waals surface area contributed by atoms with Gasteiger partial charge in [0.15, 0.2) is 0 Å². The second-order valence-corrected chi connectivity index (χ2v) is 2.62. The van der Waals surface area contributed by atoms with Gasteiger partial charge in [0.05, 0.1) is 0 Å². The lowest BCUT2D eigenvalue weighted by Crippen LogP contribution is -2.07. The highest BCUT2D eigenvalue weighted by Crippen LogP contribution is 2.05. The van der Waals surface area contributed by atoms with E-state index in [1.54, 1.807) is 7.05 Å². The molecule has 0 radical (unpaired) electrons. The number of hydrogen-bond donors (Lipinski definition) is 1. The summed E-state index contributed by atoms with van der Waals surface area (Å²) in [5.41, 5.74) is 2.47. The summed E-state index contributed by atoms with van der Waals surface area (Å²) in [6, 6.07) is 8.24. The van der Waals surface area contributed by atoms with Gasteiger partial charge in [-0.05, 0) is 18.2 Å². The second kappa shape index (κ2) is 4.67. The van der Waals surface area contributed by atoms with Crippen LogP contribution in [-0.2, 0) is 6.54 Å². The maximum absolute atomic E-state index is 4.00. The van der Waals surface area contributed by atoms with Crippen LogP contribution >= 0.6 is 0 Å². The molecular weight excluding hydrogens is 148 g/mol. The summed E-state index contributed by atoms with van der Waals surface area (Å²) in [5, 5.41) is 3.12. The molecule has 64 valence electrons. The maximum atomic E-state index is 4.00. The zero-order chi connectivity index (χ0) is 8.81. The minimum Gasteiger partial charge on any atom is -0.316 e. The molecule has 0 aliphatic carbocycles. The van der Waals surface area contributed by atoms with Gasteiger partial charge in [-0.3, -0.25) is 4.99 Å². The van der Waals surface area contributed by atoms with Crippen LogP contribution in [-0.4, -0.2) is 20.3 Å². The predicted octanol–water partition coefficient (Wildman–Crippen LogP) is 1.45. The van der Waals surface area contributed by atoms with Crippen molar-refractivity contribution in [3.63, 3.8) is 0 Å². The molecular formula is C10H14N2. The zero-order valence-electron chi connectivity index (χ0n) is 7.54. The number of aliphatic imine (C=N–C) groups is 1. The van der Waals surface area contributed by atoms with Crippen molar-refractivity contribution in [3.8, 4) is 0 Å². The highest BCUT2D eigenvalue weighted by molar-refractivity contribution is 5.81. The lowest BCUT2D eigenvalue weighted by Gasteiger charge is -2.03. The van der Waals surface area contributed by atoms with Crippen molar-refractivity contribution >= 4 is 6.21 Å². The van der Waals surface area contributed by atoms with E-state index in [4.69, 9.17) is 0 Å². The smallest absolute Gasteiger partial charge is 0.0284 e. The van der Waals surface area contributed by atoms with E-state index >= 15 is 0 Å². The molecule has 12 heavy (non-hydrogen) atoms. The summed E-state index contributed by atoms with van der Waals surface area (Å²) in [6.07, 6.45) is 1.88. The molecule has 0 fully saturated rings. The first-order chi connectivity index (χ1) is 5.88. The van der Waals surface area contributed by atoms with E-state index in [0.29, 0.717) is 0 Å². The van der Waals surface area contributed by atoms with Crippen molar-refractivity contribution in [1.82, 2.24) is 5.32 Å². The monoisotopic (exact) mass is 162 g/mol. The van der Waals surface area contributed by atoms with Crippen LogP contribution in [0.15, 0.2) is 29.3 Å². The minimum atomic E-state index is 0.891. The zero-order valence-corrected chi connectivity index (χ0v) is 7.54. The number of rotatable bonds is 3. The van der Waals surface area contributed by atoms with Crippen LogP contribution in [0.4, 0.5) is 0 Å². The Morgan fingerprint density at radius 3 is 2.83 bits per heavy atom. The van der Waals surface area contributed by atoms with Gasteiger partial charge in [0, 0.05) is 19.8 Å². The average molecular weight is 162 g/mol. The van der Waals surface area contributed by atoms with Crippen LogP contribution < -0.4 is 5.32 Å². The number of hydrogen-bond acceptors (Lipinski definition) is 2. The van der Waals surface area contributed by atoms with Crippen molar-refractivity contribution in [2.24, 2.45) is 4.99 Å². The van der Waals surface area contributed by atoms with Crippen molar-refractivity contribution in [1.29, 1.82) is 0 Å². The van der Waals surface area contributed by atoms with Crippen molar-refractivity contribution < 1.29 is 0 Å². The van der Waals surface area contributed by atoms with Gasteiger partial charge < -0.3 is 5.32 Å². The Kier molecular flexibility index (Phi) is 3.48. The van der Waals surface area contributed by atoms with Crippen molar-refractivity contribution in [2.75, 3.05) is 14.1 Å². The number of nitrogens with one attached hydrogen (secondary N) is 1. The first kappa shape index (κ1) is 8.94. The molecule has 0 bridgehead atoms. The van der Waals surface area contributed by atoms with Crippen LogP contribution in [0, 0.1) is 0 Å². The van der Waals surface area contributed by atoms with Gasteiger partial charge in [-0.1, -0.05) is 24.3 Å². The molecule has 0 saturated carbocycles. The quantitative estimate of drug-likeness (QED) is 0.668. The minimum absolute atomic E-state index is 0.891. The first-order valence-corrected chi connectivity index (χ1v) is 4.03. The molecule has 0 amide bonds. The molecule has 2 heteroatoms. The van der Waals surface area contributed by atoms with E-state index in [1.165, 1.54) is 11.1 Å². The maximum Gasteiger partial charge on any atom is 0.0284 e. The topological polar surface area (TPSA) is 24.4 Å². The second-order valence-electron chi connectivity index (χ2n) is 2.62. The molecule has 1 aromatic carbocycles. The molecule has 1 rings (SSSR count). The largest absolute Gasteiger partial charge is 0.316 e. The fraction of sp³-hybridized carbons (Fsp3) is 0.300. The van der Waals surface area contributed by atoms with Gasteiger partial charge in [0.25, 0.3) is 0 Å². The molecule has 0 atom stereocenters.